The molecule has 1 amide bonds. The fourth-order valence-electron chi connectivity index (χ4n) is 3.06. The van der Waals surface area contributed by atoms with Crippen molar-refractivity contribution in [2.75, 3.05) is 7.11 Å². The Morgan fingerprint density at radius 3 is 2.52 bits per heavy atom. The van der Waals surface area contributed by atoms with Crippen molar-refractivity contribution in [2.45, 2.75) is 32.9 Å². The van der Waals surface area contributed by atoms with Crippen molar-refractivity contribution in [3.8, 4) is 23.0 Å². The molecular weight excluding hydrogens is 423 g/mol. The summed E-state index contributed by atoms with van der Waals surface area (Å²) in [7, 11) is 1.57. The maximum Gasteiger partial charge on any atom is 0.244 e. The molecule has 0 aliphatic rings. The molecule has 7 heteroatoms. The summed E-state index contributed by atoms with van der Waals surface area (Å²) in [5.41, 5.74) is 1.40. The van der Waals surface area contributed by atoms with Crippen LogP contribution >= 0.6 is 0 Å². The Morgan fingerprint density at radius 2 is 1.85 bits per heavy atom. The molecule has 0 spiro atoms. The Labute approximate surface area is 193 Å². The van der Waals surface area contributed by atoms with Gasteiger partial charge in [0, 0.05) is 12.3 Å². The van der Waals surface area contributed by atoms with Crippen LogP contribution in [-0.2, 0) is 4.79 Å². The number of pyridine rings is 1. The lowest BCUT2D eigenvalue weighted by Gasteiger charge is -2.17. The van der Waals surface area contributed by atoms with Crippen molar-refractivity contribution in [2.24, 2.45) is 0 Å². The number of nitrogens with zero attached hydrogens (tertiary/aromatic N) is 1. The first kappa shape index (κ1) is 23.8. The van der Waals surface area contributed by atoms with Crippen LogP contribution in [0.25, 0.3) is 6.08 Å². The maximum absolute atomic E-state index is 14.4. The summed E-state index contributed by atoms with van der Waals surface area (Å²) in [5.74, 6) is 0.922. The number of aromatic nitrogens is 1. The van der Waals surface area contributed by atoms with Crippen molar-refractivity contribution in [1.82, 2.24) is 10.3 Å². The molecule has 0 bridgehead atoms. The SMILES string of the molecule is COc1cc(C(C)NC(=O)/C=C/c2ccc(Oc3cccnc3)c(F)c2)ccc1OC(C)C. The van der Waals surface area contributed by atoms with Gasteiger partial charge in [0.1, 0.15) is 5.75 Å². The van der Waals surface area contributed by atoms with E-state index in [9.17, 15) is 9.18 Å². The van der Waals surface area contributed by atoms with Gasteiger partial charge in [0.2, 0.25) is 5.91 Å². The summed E-state index contributed by atoms with van der Waals surface area (Å²) in [6, 6.07) is 13.1. The van der Waals surface area contributed by atoms with Gasteiger partial charge < -0.3 is 19.5 Å². The number of hydrogen-bond acceptors (Lipinski definition) is 5. The summed E-state index contributed by atoms with van der Waals surface area (Å²) in [6.45, 7) is 5.75. The summed E-state index contributed by atoms with van der Waals surface area (Å²) in [4.78, 5) is 16.3. The molecule has 6 nitrogen and oxygen atoms in total. The number of hydrogen-bond donors (Lipinski definition) is 1. The van der Waals surface area contributed by atoms with E-state index in [-0.39, 0.29) is 23.8 Å². The molecule has 3 aromatic rings. The fraction of sp³-hybridized carbons (Fsp3) is 0.231. The fourth-order valence-corrected chi connectivity index (χ4v) is 3.06. The summed E-state index contributed by atoms with van der Waals surface area (Å²) < 4.78 is 31.0. The molecule has 172 valence electrons. The van der Waals surface area contributed by atoms with Crippen molar-refractivity contribution in [1.29, 1.82) is 0 Å². The molecule has 0 aliphatic heterocycles. The van der Waals surface area contributed by atoms with Gasteiger partial charge in [-0.2, -0.15) is 0 Å². The number of ether oxygens (including phenoxy) is 3. The van der Waals surface area contributed by atoms with Gasteiger partial charge in [-0.15, -0.1) is 0 Å². The lowest BCUT2D eigenvalue weighted by Crippen LogP contribution is -2.24. The van der Waals surface area contributed by atoms with E-state index in [0.29, 0.717) is 22.8 Å². The molecule has 2 aromatic carbocycles. The Kier molecular flexibility index (Phi) is 8.02. The van der Waals surface area contributed by atoms with E-state index in [4.69, 9.17) is 14.2 Å². The zero-order valence-corrected chi connectivity index (χ0v) is 19.0. The molecule has 33 heavy (non-hydrogen) atoms. The Hall–Kier alpha value is -3.87. The smallest absolute Gasteiger partial charge is 0.244 e. The van der Waals surface area contributed by atoms with Crippen LogP contribution in [0.15, 0.2) is 67.0 Å². The molecule has 1 aromatic heterocycles. The minimum atomic E-state index is -0.536. The Morgan fingerprint density at radius 1 is 1.06 bits per heavy atom. The second-order valence-corrected chi connectivity index (χ2v) is 7.62. The lowest BCUT2D eigenvalue weighted by atomic mass is 10.1. The quantitative estimate of drug-likeness (QED) is 0.424. The molecule has 0 fully saturated rings. The standard InChI is InChI=1S/C26H27FN2O4/c1-17(2)32-24-11-9-20(15-25(24)31-4)18(3)29-26(30)12-8-19-7-10-23(22(27)14-19)33-21-6-5-13-28-16-21/h5-18H,1-4H3,(H,29,30)/b12-8+. The average molecular weight is 451 g/mol. The number of benzene rings is 2. The van der Waals surface area contributed by atoms with Crippen LogP contribution in [-0.4, -0.2) is 24.1 Å². The Bertz CT molecular complexity index is 1120. The van der Waals surface area contributed by atoms with Gasteiger partial charge in [0.25, 0.3) is 0 Å². The van der Waals surface area contributed by atoms with Crippen LogP contribution in [0.1, 0.15) is 37.9 Å². The van der Waals surface area contributed by atoms with Crippen molar-refractivity contribution in [3.63, 3.8) is 0 Å². The van der Waals surface area contributed by atoms with E-state index < -0.39 is 5.82 Å². The largest absolute Gasteiger partial charge is 0.493 e. The van der Waals surface area contributed by atoms with Gasteiger partial charge in [-0.1, -0.05) is 12.1 Å². The molecule has 0 saturated heterocycles. The molecule has 3 rings (SSSR count). The number of methoxy groups -OCH3 is 1. The van der Waals surface area contributed by atoms with Gasteiger partial charge in [-0.05, 0) is 74.4 Å². The van der Waals surface area contributed by atoms with E-state index >= 15 is 0 Å². The molecule has 1 unspecified atom stereocenters. The minimum absolute atomic E-state index is 0.0211. The second kappa shape index (κ2) is 11.1. The normalized spacial score (nSPS) is 11.9. The van der Waals surface area contributed by atoms with Gasteiger partial charge in [0.05, 0.1) is 25.5 Å². The third kappa shape index (κ3) is 6.80. The highest BCUT2D eigenvalue weighted by molar-refractivity contribution is 5.92. The van der Waals surface area contributed by atoms with Crippen LogP contribution in [0.2, 0.25) is 0 Å². The number of amides is 1. The van der Waals surface area contributed by atoms with Gasteiger partial charge >= 0.3 is 0 Å². The number of carbonyl (C=O) groups excluding carboxylic acids is 1. The number of halogens is 1. The van der Waals surface area contributed by atoms with Crippen LogP contribution in [0.3, 0.4) is 0 Å². The van der Waals surface area contributed by atoms with Crippen molar-refractivity contribution >= 4 is 12.0 Å². The van der Waals surface area contributed by atoms with Gasteiger partial charge in [-0.3, -0.25) is 9.78 Å². The molecular formula is C26H27FN2O4. The lowest BCUT2D eigenvalue weighted by molar-refractivity contribution is -0.117. The predicted molar refractivity (Wildman–Crippen MR) is 125 cm³/mol. The molecule has 0 radical (unpaired) electrons. The first-order valence-electron chi connectivity index (χ1n) is 10.6. The number of rotatable bonds is 9. The van der Waals surface area contributed by atoms with Crippen LogP contribution in [0.4, 0.5) is 4.39 Å². The predicted octanol–water partition coefficient (Wildman–Crippen LogP) is 5.70. The summed E-state index contributed by atoms with van der Waals surface area (Å²) >= 11 is 0. The van der Waals surface area contributed by atoms with Crippen molar-refractivity contribution in [3.05, 3.63) is 83.9 Å². The van der Waals surface area contributed by atoms with Gasteiger partial charge in [0.15, 0.2) is 23.1 Å². The molecule has 0 aliphatic carbocycles. The molecule has 1 N–H and O–H groups in total. The van der Waals surface area contributed by atoms with Crippen molar-refractivity contribution < 1.29 is 23.4 Å². The highest BCUT2D eigenvalue weighted by Gasteiger charge is 2.13. The van der Waals surface area contributed by atoms with Crippen LogP contribution < -0.4 is 19.5 Å². The zero-order chi connectivity index (χ0) is 23.8. The highest BCUT2D eigenvalue weighted by atomic mass is 19.1. The maximum atomic E-state index is 14.4. The topological polar surface area (TPSA) is 69.7 Å². The van der Waals surface area contributed by atoms with Crippen LogP contribution in [0.5, 0.6) is 23.0 Å². The summed E-state index contributed by atoms with van der Waals surface area (Å²) in [5, 5.41) is 2.89. The van der Waals surface area contributed by atoms with E-state index in [2.05, 4.69) is 10.3 Å². The van der Waals surface area contributed by atoms with E-state index in [1.165, 1.54) is 24.4 Å². The highest BCUT2D eigenvalue weighted by Crippen LogP contribution is 2.31. The third-order valence-electron chi connectivity index (χ3n) is 4.65. The minimum Gasteiger partial charge on any atom is -0.493 e. The zero-order valence-electron chi connectivity index (χ0n) is 19.0. The second-order valence-electron chi connectivity index (χ2n) is 7.62. The van der Waals surface area contributed by atoms with Gasteiger partial charge in [-0.25, -0.2) is 4.39 Å². The molecule has 1 heterocycles. The van der Waals surface area contributed by atoms with E-state index in [0.717, 1.165) is 5.56 Å². The Balaban J connectivity index is 1.62. The first-order valence-corrected chi connectivity index (χ1v) is 10.6. The first-order chi connectivity index (χ1) is 15.9. The molecule has 0 saturated carbocycles. The third-order valence-corrected chi connectivity index (χ3v) is 4.65. The number of carbonyl (C=O) groups is 1. The van der Waals surface area contributed by atoms with E-state index in [1.54, 1.807) is 37.6 Å². The number of nitrogens with one attached hydrogen (secondary N) is 1. The van der Waals surface area contributed by atoms with E-state index in [1.807, 2.05) is 39.0 Å². The van der Waals surface area contributed by atoms with Crippen LogP contribution in [0, 0.1) is 5.82 Å². The monoisotopic (exact) mass is 450 g/mol. The summed E-state index contributed by atoms with van der Waals surface area (Å²) in [6.07, 6.45) is 6.03. The average Bonchev–Trinajstić information content (AvgIpc) is 2.80. The molecule has 1 atom stereocenters.